The Labute approximate surface area is 117 Å². The van der Waals surface area contributed by atoms with E-state index >= 15 is 0 Å². The van der Waals surface area contributed by atoms with E-state index in [1.165, 1.54) is 0 Å². The van der Waals surface area contributed by atoms with Crippen molar-refractivity contribution in [2.24, 2.45) is 0 Å². The van der Waals surface area contributed by atoms with Crippen molar-refractivity contribution in [1.29, 1.82) is 0 Å². The molecule has 5 heteroatoms. The van der Waals surface area contributed by atoms with E-state index in [0.29, 0.717) is 25.1 Å². The molecule has 2 heterocycles. The molecule has 0 saturated carbocycles. The summed E-state index contributed by atoms with van der Waals surface area (Å²) >= 11 is 0. The molecule has 20 heavy (non-hydrogen) atoms. The van der Waals surface area contributed by atoms with Crippen LogP contribution in [-0.4, -0.2) is 21.7 Å². The van der Waals surface area contributed by atoms with Gasteiger partial charge in [0.15, 0.2) is 0 Å². The highest BCUT2D eigenvalue weighted by Crippen LogP contribution is 2.12. The zero-order chi connectivity index (χ0) is 14.4. The van der Waals surface area contributed by atoms with Crippen LogP contribution in [0.1, 0.15) is 32.6 Å². The summed E-state index contributed by atoms with van der Waals surface area (Å²) in [6.07, 6.45) is 4.10. The van der Waals surface area contributed by atoms with Gasteiger partial charge in [-0.25, -0.2) is 4.98 Å². The topological polar surface area (TPSA) is 72.0 Å². The van der Waals surface area contributed by atoms with Crippen molar-refractivity contribution in [3.8, 4) is 0 Å². The maximum Gasteiger partial charge on any atom is 0.225 e. The minimum Gasteiger partial charge on any atom is -0.311 e. The number of nitrogens with one attached hydrogen (secondary N) is 1. The van der Waals surface area contributed by atoms with Gasteiger partial charge < -0.3 is 10.1 Å². The van der Waals surface area contributed by atoms with E-state index < -0.39 is 0 Å². The summed E-state index contributed by atoms with van der Waals surface area (Å²) in [4.78, 5) is 31.0. The number of fused-ring (bicyclic) bond motifs is 1. The molecule has 1 N–H and O–H groups in total. The van der Waals surface area contributed by atoms with Gasteiger partial charge in [0.25, 0.3) is 0 Å². The molecule has 2 rings (SSSR count). The summed E-state index contributed by atoms with van der Waals surface area (Å²) in [6.45, 7) is 1.56. The summed E-state index contributed by atoms with van der Waals surface area (Å²) in [5, 5.41) is 2.76. The van der Waals surface area contributed by atoms with Crippen LogP contribution in [0, 0.1) is 0 Å². The summed E-state index contributed by atoms with van der Waals surface area (Å²) in [6, 6.07) is 7.23. The van der Waals surface area contributed by atoms with Gasteiger partial charge in [-0.3, -0.25) is 9.78 Å². The van der Waals surface area contributed by atoms with Gasteiger partial charge in [0.05, 0.1) is 11.0 Å². The number of anilines is 1. The van der Waals surface area contributed by atoms with Crippen molar-refractivity contribution in [3.05, 3.63) is 30.5 Å². The van der Waals surface area contributed by atoms with Crippen LogP contribution in [0.2, 0.25) is 0 Å². The van der Waals surface area contributed by atoms with Crippen LogP contribution in [0.15, 0.2) is 30.5 Å². The number of carbonyl (C=O) groups is 2. The van der Waals surface area contributed by atoms with Crippen molar-refractivity contribution in [2.45, 2.75) is 32.6 Å². The number of nitrogens with zero attached hydrogens (tertiary/aromatic N) is 2. The summed E-state index contributed by atoms with van der Waals surface area (Å²) in [7, 11) is 0. The Kier molecular flexibility index (Phi) is 4.76. The fourth-order valence-corrected chi connectivity index (χ4v) is 1.89. The molecule has 0 fully saturated rings. The number of unbranched alkanes of at least 4 members (excludes halogenated alkanes) is 1. The molecule has 0 spiro atoms. The van der Waals surface area contributed by atoms with E-state index in [-0.39, 0.29) is 11.7 Å². The third kappa shape index (κ3) is 4.12. The van der Waals surface area contributed by atoms with E-state index in [0.717, 1.165) is 17.5 Å². The molecule has 2 aromatic heterocycles. The van der Waals surface area contributed by atoms with Crippen molar-refractivity contribution in [2.75, 3.05) is 5.32 Å². The lowest BCUT2D eigenvalue weighted by molar-refractivity contribution is -0.118. The fourth-order valence-electron chi connectivity index (χ4n) is 1.89. The van der Waals surface area contributed by atoms with E-state index in [1.807, 2.05) is 18.2 Å². The highest BCUT2D eigenvalue weighted by atomic mass is 16.1. The molecule has 1 amide bonds. The molecule has 0 aliphatic rings. The summed E-state index contributed by atoms with van der Waals surface area (Å²) in [5.41, 5.74) is 1.55. The predicted octanol–water partition coefficient (Wildman–Crippen LogP) is 2.72. The lowest BCUT2D eigenvalue weighted by Gasteiger charge is -2.05. The Morgan fingerprint density at radius 3 is 2.70 bits per heavy atom. The van der Waals surface area contributed by atoms with Crippen molar-refractivity contribution in [3.63, 3.8) is 0 Å². The molecule has 0 atom stereocenters. The second-order valence-corrected chi connectivity index (χ2v) is 4.70. The van der Waals surface area contributed by atoms with Crippen molar-refractivity contribution in [1.82, 2.24) is 9.97 Å². The van der Waals surface area contributed by atoms with Crippen LogP contribution in [0.4, 0.5) is 5.82 Å². The number of amides is 1. The van der Waals surface area contributed by atoms with Crippen molar-refractivity contribution >= 4 is 28.5 Å². The standard InChI is InChI=1S/C15H17N3O2/c1-11(19)5-2-3-7-15(20)18-14-9-8-12-13(17-14)6-4-10-16-12/h4,6,8-10H,2-3,5,7H2,1H3,(H,17,18,20). The zero-order valence-electron chi connectivity index (χ0n) is 11.4. The maximum atomic E-state index is 11.7. The number of rotatable bonds is 6. The van der Waals surface area contributed by atoms with Gasteiger partial charge in [-0.05, 0) is 44.0 Å². The van der Waals surface area contributed by atoms with E-state index in [9.17, 15) is 9.59 Å². The van der Waals surface area contributed by atoms with Gasteiger partial charge in [-0.1, -0.05) is 0 Å². The molecule has 2 aromatic rings. The average Bonchev–Trinajstić information content (AvgIpc) is 2.43. The third-order valence-corrected chi connectivity index (χ3v) is 2.91. The fraction of sp³-hybridized carbons (Fsp3) is 0.333. The molecular formula is C15H17N3O2. The highest BCUT2D eigenvalue weighted by Gasteiger charge is 2.05. The molecule has 0 aliphatic carbocycles. The van der Waals surface area contributed by atoms with E-state index in [4.69, 9.17) is 0 Å². The molecule has 104 valence electrons. The Hall–Kier alpha value is -2.30. The highest BCUT2D eigenvalue weighted by molar-refractivity contribution is 5.91. The van der Waals surface area contributed by atoms with Gasteiger partial charge in [0, 0.05) is 19.0 Å². The molecule has 0 unspecified atom stereocenters. The number of ketones is 1. The number of aromatic nitrogens is 2. The zero-order valence-corrected chi connectivity index (χ0v) is 11.4. The first-order valence-corrected chi connectivity index (χ1v) is 6.66. The number of hydrogen-bond acceptors (Lipinski definition) is 4. The van der Waals surface area contributed by atoms with Gasteiger partial charge >= 0.3 is 0 Å². The largest absolute Gasteiger partial charge is 0.311 e. The van der Waals surface area contributed by atoms with E-state index in [1.54, 1.807) is 19.2 Å². The molecule has 0 saturated heterocycles. The predicted molar refractivity (Wildman–Crippen MR) is 77.3 cm³/mol. The second-order valence-electron chi connectivity index (χ2n) is 4.70. The Morgan fingerprint density at radius 1 is 1.10 bits per heavy atom. The van der Waals surface area contributed by atoms with Crippen LogP contribution < -0.4 is 5.32 Å². The van der Waals surface area contributed by atoms with Crippen LogP contribution in [0.3, 0.4) is 0 Å². The lowest BCUT2D eigenvalue weighted by Crippen LogP contribution is -2.12. The first-order chi connectivity index (χ1) is 9.65. The van der Waals surface area contributed by atoms with E-state index in [2.05, 4.69) is 15.3 Å². The number of Topliss-reactive ketones (excluding diaryl/α,β-unsaturated/α-hetero) is 1. The van der Waals surface area contributed by atoms with Crippen molar-refractivity contribution < 1.29 is 9.59 Å². The molecule has 0 radical (unpaired) electrons. The van der Waals surface area contributed by atoms with Crippen LogP contribution in [0.25, 0.3) is 11.0 Å². The van der Waals surface area contributed by atoms with Gasteiger partial charge in [0.2, 0.25) is 5.91 Å². The number of hydrogen-bond donors (Lipinski definition) is 1. The average molecular weight is 271 g/mol. The normalized spacial score (nSPS) is 10.4. The first kappa shape index (κ1) is 14.1. The molecular weight excluding hydrogens is 254 g/mol. The van der Waals surface area contributed by atoms with Crippen LogP contribution in [0.5, 0.6) is 0 Å². The third-order valence-electron chi connectivity index (χ3n) is 2.91. The Balaban J connectivity index is 1.88. The summed E-state index contributed by atoms with van der Waals surface area (Å²) < 4.78 is 0. The smallest absolute Gasteiger partial charge is 0.225 e. The van der Waals surface area contributed by atoms with Crippen LogP contribution >= 0.6 is 0 Å². The first-order valence-electron chi connectivity index (χ1n) is 6.66. The lowest BCUT2D eigenvalue weighted by atomic mass is 10.1. The molecule has 5 nitrogen and oxygen atoms in total. The SMILES string of the molecule is CC(=O)CCCCC(=O)Nc1ccc2ncccc2n1. The molecule has 0 aromatic carbocycles. The number of pyridine rings is 2. The summed E-state index contributed by atoms with van der Waals surface area (Å²) in [5.74, 6) is 0.612. The minimum atomic E-state index is -0.0794. The van der Waals surface area contributed by atoms with Gasteiger partial charge in [0.1, 0.15) is 11.6 Å². The number of carbonyl (C=O) groups excluding carboxylic acids is 2. The van der Waals surface area contributed by atoms with Crippen LogP contribution in [-0.2, 0) is 9.59 Å². The molecule has 0 aliphatic heterocycles. The maximum absolute atomic E-state index is 11.7. The van der Waals surface area contributed by atoms with Gasteiger partial charge in [-0.2, -0.15) is 0 Å². The monoisotopic (exact) mass is 271 g/mol. The minimum absolute atomic E-state index is 0.0794. The Morgan fingerprint density at radius 2 is 1.90 bits per heavy atom. The Bertz CT molecular complexity index is 625. The van der Waals surface area contributed by atoms with Gasteiger partial charge in [-0.15, -0.1) is 0 Å². The second kappa shape index (κ2) is 6.75. The molecule has 0 bridgehead atoms. The quantitative estimate of drug-likeness (QED) is 0.820.